The first-order valence-electron chi connectivity index (χ1n) is 3.49. The molecule has 1 atom stereocenters. The van der Waals surface area contributed by atoms with Crippen LogP contribution < -0.4 is 5.73 Å². The Kier molecular flexibility index (Phi) is 2.62. The largest absolute Gasteiger partial charge is 0.323 e. The molecule has 1 aromatic heterocycles. The van der Waals surface area contributed by atoms with Gasteiger partial charge in [0.15, 0.2) is 0 Å². The van der Waals surface area contributed by atoms with Crippen molar-refractivity contribution >= 4 is 15.9 Å². The molecule has 2 nitrogen and oxygen atoms in total. The molecule has 0 aliphatic rings. The summed E-state index contributed by atoms with van der Waals surface area (Å²) in [6, 6.07) is 2.01. The molecular formula is C8H11BrN2. The van der Waals surface area contributed by atoms with Crippen LogP contribution >= 0.6 is 15.9 Å². The van der Waals surface area contributed by atoms with Gasteiger partial charge >= 0.3 is 0 Å². The summed E-state index contributed by atoms with van der Waals surface area (Å²) in [6.07, 6.45) is 1.82. The van der Waals surface area contributed by atoms with Crippen molar-refractivity contribution < 1.29 is 0 Å². The Bertz CT molecular complexity index is 258. The van der Waals surface area contributed by atoms with Crippen molar-refractivity contribution in [2.75, 3.05) is 0 Å². The maximum atomic E-state index is 5.67. The molecule has 2 N–H and O–H groups in total. The van der Waals surface area contributed by atoms with Gasteiger partial charge in [0.05, 0.1) is 5.69 Å². The Labute approximate surface area is 75.0 Å². The molecule has 1 unspecified atom stereocenters. The van der Waals surface area contributed by atoms with Crippen LogP contribution in [0.15, 0.2) is 16.7 Å². The van der Waals surface area contributed by atoms with Crippen molar-refractivity contribution in [3.63, 3.8) is 0 Å². The highest BCUT2D eigenvalue weighted by molar-refractivity contribution is 9.10. The van der Waals surface area contributed by atoms with Crippen LogP contribution in [0.4, 0.5) is 0 Å². The van der Waals surface area contributed by atoms with E-state index in [0.29, 0.717) is 0 Å². The van der Waals surface area contributed by atoms with E-state index in [-0.39, 0.29) is 6.04 Å². The third-order valence-electron chi connectivity index (χ3n) is 1.44. The average molecular weight is 215 g/mol. The van der Waals surface area contributed by atoms with Crippen LogP contribution in [0.5, 0.6) is 0 Å². The summed E-state index contributed by atoms with van der Waals surface area (Å²) >= 11 is 3.41. The van der Waals surface area contributed by atoms with E-state index in [1.807, 2.05) is 26.1 Å². The number of nitrogens with zero attached hydrogens (tertiary/aromatic N) is 1. The molecule has 0 amide bonds. The van der Waals surface area contributed by atoms with E-state index in [4.69, 9.17) is 5.73 Å². The molecule has 0 spiro atoms. The Morgan fingerprint density at radius 1 is 1.64 bits per heavy atom. The van der Waals surface area contributed by atoms with E-state index < -0.39 is 0 Å². The van der Waals surface area contributed by atoms with Crippen molar-refractivity contribution in [1.82, 2.24) is 4.98 Å². The van der Waals surface area contributed by atoms with Crippen molar-refractivity contribution in [2.24, 2.45) is 5.73 Å². The summed E-state index contributed by atoms with van der Waals surface area (Å²) in [4.78, 5) is 4.21. The molecule has 0 saturated heterocycles. The van der Waals surface area contributed by atoms with Crippen molar-refractivity contribution in [3.8, 4) is 0 Å². The SMILES string of the molecule is Cc1cnc(C(C)N)c(Br)c1. The van der Waals surface area contributed by atoms with Gasteiger partial charge in [0.25, 0.3) is 0 Å². The monoisotopic (exact) mass is 214 g/mol. The summed E-state index contributed by atoms with van der Waals surface area (Å²) in [7, 11) is 0. The fraction of sp³-hybridized carbons (Fsp3) is 0.375. The van der Waals surface area contributed by atoms with Gasteiger partial charge in [-0.05, 0) is 41.4 Å². The van der Waals surface area contributed by atoms with Gasteiger partial charge in [0.1, 0.15) is 0 Å². The zero-order valence-electron chi connectivity index (χ0n) is 6.63. The zero-order chi connectivity index (χ0) is 8.43. The van der Waals surface area contributed by atoms with Crippen molar-refractivity contribution in [2.45, 2.75) is 19.9 Å². The highest BCUT2D eigenvalue weighted by Gasteiger charge is 2.05. The summed E-state index contributed by atoms with van der Waals surface area (Å²) in [6.45, 7) is 3.92. The van der Waals surface area contributed by atoms with Gasteiger partial charge in [0.2, 0.25) is 0 Å². The van der Waals surface area contributed by atoms with Gasteiger partial charge in [-0.2, -0.15) is 0 Å². The van der Waals surface area contributed by atoms with E-state index >= 15 is 0 Å². The fourth-order valence-electron chi connectivity index (χ4n) is 0.879. The molecule has 1 rings (SSSR count). The Morgan fingerprint density at radius 2 is 2.27 bits per heavy atom. The number of pyridine rings is 1. The van der Waals surface area contributed by atoms with Crippen LogP contribution in [0.25, 0.3) is 0 Å². The van der Waals surface area contributed by atoms with E-state index in [1.54, 1.807) is 0 Å². The first kappa shape index (κ1) is 8.68. The fourth-order valence-corrected chi connectivity index (χ4v) is 1.70. The van der Waals surface area contributed by atoms with Crippen LogP contribution in [0.2, 0.25) is 0 Å². The van der Waals surface area contributed by atoms with Crippen LogP contribution in [-0.4, -0.2) is 4.98 Å². The Morgan fingerprint density at radius 3 is 2.73 bits per heavy atom. The molecule has 0 aliphatic carbocycles. The smallest absolute Gasteiger partial charge is 0.0710 e. The molecule has 0 aromatic carbocycles. The Hall–Kier alpha value is -0.410. The first-order chi connectivity index (χ1) is 5.11. The summed E-state index contributed by atoms with van der Waals surface area (Å²) in [5.74, 6) is 0. The minimum atomic E-state index is -0.00928. The van der Waals surface area contributed by atoms with Gasteiger partial charge < -0.3 is 5.73 Å². The number of hydrogen-bond donors (Lipinski definition) is 1. The third-order valence-corrected chi connectivity index (χ3v) is 2.07. The molecule has 1 heterocycles. The number of hydrogen-bond acceptors (Lipinski definition) is 2. The number of aryl methyl sites for hydroxylation is 1. The third kappa shape index (κ3) is 2.01. The second-order valence-corrected chi connectivity index (χ2v) is 3.52. The number of nitrogens with two attached hydrogens (primary N) is 1. The van der Waals surface area contributed by atoms with Gasteiger partial charge in [0, 0.05) is 16.7 Å². The number of halogens is 1. The molecule has 0 fully saturated rings. The van der Waals surface area contributed by atoms with Crippen LogP contribution in [0.1, 0.15) is 24.2 Å². The molecule has 1 aromatic rings. The predicted octanol–water partition coefficient (Wildman–Crippen LogP) is 2.17. The highest BCUT2D eigenvalue weighted by Crippen LogP contribution is 2.19. The topological polar surface area (TPSA) is 38.9 Å². The molecule has 0 aliphatic heterocycles. The molecular weight excluding hydrogens is 204 g/mol. The first-order valence-corrected chi connectivity index (χ1v) is 4.28. The normalized spacial score (nSPS) is 13.1. The van der Waals surface area contributed by atoms with Crippen LogP contribution in [-0.2, 0) is 0 Å². The van der Waals surface area contributed by atoms with Gasteiger partial charge in [-0.15, -0.1) is 0 Å². The van der Waals surface area contributed by atoms with Crippen LogP contribution in [0.3, 0.4) is 0 Å². The lowest BCUT2D eigenvalue weighted by molar-refractivity contribution is 0.774. The van der Waals surface area contributed by atoms with E-state index in [0.717, 1.165) is 15.7 Å². The van der Waals surface area contributed by atoms with Gasteiger partial charge in [-0.3, -0.25) is 4.98 Å². The van der Waals surface area contributed by atoms with Gasteiger partial charge in [-0.25, -0.2) is 0 Å². The van der Waals surface area contributed by atoms with E-state index in [1.165, 1.54) is 0 Å². The average Bonchev–Trinajstić information content (AvgIpc) is 1.85. The quantitative estimate of drug-likeness (QED) is 0.779. The summed E-state index contributed by atoms with van der Waals surface area (Å²) < 4.78 is 0.993. The van der Waals surface area contributed by atoms with E-state index in [2.05, 4.69) is 20.9 Å². The maximum Gasteiger partial charge on any atom is 0.0710 e. The van der Waals surface area contributed by atoms with Crippen molar-refractivity contribution in [1.29, 1.82) is 0 Å². The second kappa shape index (κ2) is 3.32. The Balaban J connectivity index is 3.09. The predicted molar refractivity (Wildman–Crippen MR) is 49.3 cm³/mol. The van der Waals surface area contributed by atoms with Crippen LogP contribution in [0, 0.1) is 6.92 Å². The molecule has 11 heavy (non-hydrogen) atoms. The lowest BCUT2D eigenvalue weighted by atomic mass is 10.2. The number of aromatic nitrogens is 1. The standard InChI is InChI=1S/C8H11BrN2/c1-5-3-7(9)8(6(2)10)11-4-5/h3-4,6H,10H2,1-2H3. The van der Waals surface area contributed by atoms with Gasteiger partial charge in [-0.1, -0.05) is 0 Å². The lowest BCUT2D eigenvalue weighted by Crippen LogP contribution is -2.08. The zero-order valence-corrected chi connectivity index (χ0v) is 8.22. The van der Waals surface area contributed by atoms with E-state index in [9.17, 15) is 0 Å². The molecule has 0 saturated carbocycles. The molecule has 3 heteroatoms. The molecule has 0 radical (unpaired) electrons. The number of rotatable bonds is 1. The summed E-state index contributed by atoms with van der Waals surface area (Å²) in [5, 5.41) is 0. The van der Waals surface area contributed by atoms with Crippen molar-refractivity contribution in [3.05, 3.63) is 28.0 Å². The molecule has 60 valence electrons. The summed E-state index contributed by atoms with van der Waals surface area (Å²) in [5.41, 5.74) is 7.72. The molecule has 0 bridgehead atoms. The minimum Gasteiger partial charge on any atom is -0.323 e. The highest BCUT2D eigenvalue weighted by atomic mass is 79.9. The maximum absolute atomic E-state index is 5.67. The lowest BCUT2D eigenvalue weighted by Gasteiger charge is -2.06. The second-order valence-electron chi connectivity index (χ2n) is 2.67. The minimum absolute atomic E-state index is 0.00928.